The van der Waals surface area contributed by atoms with E-state index < -0.39 is 0 Å². The first kappa shape index (κ1) is 29.0. The van der Waals surface area contributed by atoms with Gasteiger partial charge in [0.25, 0.3) is 0 Å². The number of phenols is 1. The Balaban J connectivity index is 1.28. The zero-order valence-electron chi connectivity index (χ0n) is 24.0. The fourth-order valence-electron chi connectivity index (χ4n) is 8.37. The summed E-state index contributed by atoms with van der Waals surface area (Å²) in [6, 6.07) is 6.09. The van der Waals surface area contributed by atoms with Crippen LogP contribution in [0.1, 0.15) is 128 Å². The fourth-order valence-corrected chi connectivity index (χ4v) is 8.37. The van der Waals surface area contributed by atoms with Gasteiger partial charge in [0.05, 0.1) is 6.61 Å². The maximum atomic E-state index is 11.8. The van der Waals surface area contributed by atoms with E-state index in [2.05, 4.69) is 13.0 Å². The van der Waals surface area contributed by atoms with Crippen LogP contribution in [0.15, 0.2) is 18.2 Å². The van der Waals surface area contributed by atoms with E-state index in [4.69, 9.17) is 9.47 Å². The average molecular weight is 527 g/mol. The van der Waals surface area contributed by atoms with Crippen molar-refractivity contribution >= 4 is 11.9 Å². The van der Waals surface area contributed by atoms with Crippen molar-refractivity contribution in [2.45, 2.75) is 129 Å². The summed E-state index contributed by atoms with van der Waals surface area (Å²) >= 11 is 0. The summed E-state index contributed by atoms with van der Waals surface area (Å²) in [5.41, 5.74) is 2.93. The van der Waals surface area contributed by atoms with Crippen molar-refractivity contribution in [3.05, 3.63) is 29.3 Å². The summed E-state index contributed by atoms with van der Waals surface area (Å²) in [6.45, 7) is 5.99. The van der Waals surface area contributed by atoms with Gasteiger partial charge in [-0.3, -0.25) is 9.59 Å². The topological polar surface area (TPSA) is 72.8 Å². The zero-order valence-corrected chi connectivity index (χ0v) is 24.0. The van der Waals surface area contributed by atoms with Crippen LogP contribution in [-0.2, 0) is 25.5 Å². The van der Waals surface area contributed by atoms with Gasteiger partial charge in [0.2, 0.25) is 0 Å². The van der Waals surface area contributed by atoms with Crippen LogP contribution in [0.2, 0.25) is 0 Å². The molecular weight excluding hydrogens is 476 g/mol. The van der Waals surface area contributed by atoms with Gasteiger partial charge in [-0.15, -0.1) is 0 Å². The monoisotopic (exact) mass is 526 g/mol. The summed E-state index contributed by atoms with van der Waals surface area (Å²) in [6.07, 6.45) is 18.0. The van der Waals surface area contributed by atoms with Crippen molar-refractivity contribution in [1.82, 2.24) is 0 Å². The normalized spacial score (nSPS) is 29.7. The van der Waals surface area contributed by atoms with Crippen LogP contribution in [0.3, 0.4) is 0 Å². The van der Waals surface area contributed by atoms with E-state index in [0.29, 0.717) is 36.0 Å². The molecule has 3 aliphatic rings. The van der Waals surface area contributed by atoms with Crippen molar-refractivity contribution in [2.75, 3.05) is 6.61 Å². The number of ether oxygens (including phenoxy) is 2. The molecule has 0 amide bonds. The molecule has 1 aromatic carbocycles. The molecule has 0 heterocycles. The van der Waals surface area contributed by atoms with E-state index in [9.17, 15) is 14.7 Å². The van der Waals surface area contributed by atoms with Crippen LogP contribution >= 0.6 is 0 Å². The van der Waals surface area contributed by atoms with E-state index in [1.165, 1.54) is 75.8 Å². The Hall–Kier alpha value is -2.04. The zero-order chi connectivity index (χ0) is 27.1. The summed E-state index contributed by atoms with van der Waals surface area (Å²) in [5.74, 6) is 2.55. The van der Waals surface area contributed by atoms with Crippen LogP contribution in [-0.4, -0.2) is 29.8 Å². The molecule has 2 saturated carbocycles. The van der Waals surface area contributed by atoms with Crippen LogP contribution in [0.5, 0.6) is 5.75 Å². The minimum Gasteiger partial charge on any atom is -0.508 e. The highest BCUT2D eigenvalue weighted by atomic mass is 16.5. The van der Waals surface area contributed by atoms with Gasteiger partial charge in [-0.25, -0.2) is 0 Å². The molecule has 0 unspecified atom stereocenters. The van der Waals surface area contributed by atoms with Gasteiger partial charge >= 0.3 is 11.9 Å². The number of aromatic hydroxyl groups is 1. The summed E-state index contributed by atoms with van der Waals surface area (Å²) in [7, 11) is 0. The first-order valence-electron chi connectivity index (χ1n) is 15.4. The largest absolute Gasteiger partial charge is 0.508 e. The van der Waals surface area contributed by atoms with Crippen LogP contribution in [0.25, 0.3) is 0 Å². The van der Waals surface area contributed by atoms with E-state index in [0.717, 1.165) is 38.5 Å². The highest BCUT2D eigenvalue weighted by Crippen LogP contribution is 2.63. The predicted octanol–water partition coefficient (Wildman–Crippen LogP) is 7.87. The molecular formula is C33H50O5. The van der Waals surface area contributed by atoms with Crippen molar-refractivity contribution in [1.29, 1.82) is 0 Å². The molecule has 3 aliphatic carbocycles. The quantitative estimate of drug-likeness (QED) is 0.209. The van der Waals surface area contributed by atoms with Gasteiger partial charge in [-0.2, -0.15) is 0 Å². The van der Waals surface area contributed by atoms with Crippen LogP contribution in [0.4, 0.5) is 0 Å². The van der Waals surface area contributed by atoms with Gasteiger partial charge in [0.1, 0.15) is 11.9 Å². The molecule has 1 aromatic rings. The Kier molecular flexibility index (Phi) is 10.2. The van der Waals surface area contributed by atoms with Gasteiger partial charge < -0.3 is 14.6 Å². The lowest BCUT2D eigenvalue weighted by Gasteiger charge is -2.53. The third kappa shape index (κ3) is 6.93. The van der Waals surface area contributed by atoms with Gasteiger partial charge in [0, 0.05) is 19.3 Å². The van der Waals surface area contributed by atoms with Crippen molar-refractivity contribution in [3.8, 4) is 5.75 Å². The third-order valence-corrected chi connectivity index (χ3v) is 10.1. The van der Waals surface area contributed by atoms with Gasteiger partial charge in [0.15, 0.2) is 0 Å². The Morgan fingerprint density at radius 3 is 2.29 bits per heavy atom. The number of hydrogen-bond donors (Lipinski definition) is 1. The Morgan fingerprint density at radius 2 is 1.61 bits per heavy atom. The van der Waals surface area contributed by atoms with Crippen LogP contribution < -0.4 is 0 Å². The molecule has 212 valence electrons. The number of rotatable bonds is 13. The number of esters is 2. The predicted molar refractivity (Wildman–Crippen MR) is 150 cm³/mol. The maximum absolute atomic E-state index is 11.8. The van der Waals surface area contributed by atoms with Crippen molar-refractivity contribution in [3.63, 3.8) is 0 Å². The average Bonchev–Trinajstić information content (AvgIpc) is 3.19. The molecule has 0 aromatic heterocycles. The number of hydrogen-bond acceptors (Lipinski definition) is 5. The minimum atomic E-state index is -0.178. The second-order valence-electron chi connectivity index (χ2n) is 12.7. The van der Waals surface area contributed by atoms with Gasteiger partial charge in [-0.05, 0) is 91.9 Å². The van der Waals surface area contributed by atoms with E-state index in [1.807, 2.05) is 12.1 Å². The lowest BCUT2D eigenvalue weighted by atomic mass is 9.52. The molecule has 2 fully saturated rings. The number of phenolic OH excluding ortho intramolecular Hbond substituents is 1. The number of unbranched alkanes of at least 4 members (excludes halogenated alkanes) is 8. The molecule has 38 heavy (non-hydrogen) atoms. The summed E-state index contributed by atoms with van der Waals surface area (Å²) in [5, 5.41) is 10.2. The first-order valence-corrected chi connectivity index (χ1v) is 15.4. The molecule has 4 rings (SSSR count). The Bertz CT molecular complexity index is 941. The second-order valence-corrected chi connectivity index (χ2v) is 12.7. The van der Waals surface area contributed by atoms with E-state index in [-0.39, 0.29) is 23.5 Å². The number of carbonyl (C=O) groups is 2. The van der Waals surface area contributed by atoms with Crippen molar-refractivity contribution < 1.29 is 24.2 Å². The summed E-state index contributed by atoms with van der Waals surface area (Å²) < 4.78 is 10.9. The second kappa shape index (κ2) is 13.3. The van der Waals surface area contributed by atoms with Crippen molar-refractivity contribution in [2.24, 2.45) is 23.2 Å². The Morgan fingerprint density at radius 1 is 0.921 bits per heavy atom. The SMILES string of the molecule is CC(=O)OCCCCCCCCCCC[C@@H]1Cc2cc(O)ccc2[C@H]2CC[C@]3(C)[C@@H](OC(C)=O)CC[C@H]3[C@H]12. The van der Waals surface area contributed by atoms with Crippen LogP contribution in [0, 0.1) is 23.2 Å². The third-order valence-electron chi connectivity index (χ3n) is 10.1. The van der Waals surface area contributed by atoms with E-state index in [1.54, 1.807) is 6.92 Å². The molecule has 5 nitrogen and oxygen atoms in total. The molecule has 0 saturated heterocycles. The lowest BCUT2D eigenvalue weighted by Crippen LogP contribution is -2.48. The fraction of sp³-hybridized carbons (Fsp3) is 0.758. The highest BCUT2D eigenvalue weighted by Gasteiger charge is 2.57. The molecule has 0 spiro atoms. The minimum absolute atomic E-state index is 0.0643. The molecule has 5 heteroatoms. The highest BCUT2D eigenvalue weighted by molar-refractivity contribution is 5.66. The summed E-state index contributed by atoms with van der Waals surface area (Å²) in [4.78, 5) is 22.7. The molecule has 6 atom stereocenters. The first-order chi connectivity index (χ1) is 18.3. The van der Waals surface area contributed by atoms with Gasteiger partial charge in [-0.1, -0.05) is 64.4 Å². The molecule has 0 bridgehead atoms. The standard InChI is InChI=1S/C33H50O5/c1-23(34)37-20-12-10-8-6-4-5-7-9-11-13-25-21-26-22-27(36)14-15-28(26)29-18-19-33(3)30(32(25)29)16-17-31(33)38-24(2)35/h14-15,22,25,29-32,36H,4-13,16-21H2,1-3H3/t25-,29-,30+,31+,32-,33+/m1/s1. The number of benzene rings is 1. The lowest BCUT2D eigenvalue weighted by molar-refractivity contribution is -0.155. The maximum Gasteiger partial charge on any atom is 0.302 e. The molecule has 1 N–H and O–H groups in total. The Labute approximate surface area is 230 Å². The smallest absolute Gasteiger partial charge is 0.302 e. The van der Waals surface area contributed by atoms with E-state index >= 15 is 0 Å². The number of carbonyl (C=O) groups excluding carboxylic acids is 2. The molecule has 0 aliphatic heterocycles. The number of fused-ring (bicyclic) bond motifs is 5. The molecule has 0 radical (unpaired) electrons.